The number of aryl methyl sites for hydroxylation is 1. The number of benzene rings is 2. The standard InChI is InChI=1S/C22H15Br3N2O3S/c1-12-4-2-3-5-19(12)27-21(28)18(26-22(27)31)10-14-6-7-15(30-14)11-29-20-16(24)8-13(23)9-17(20)25/h2-10H,11H2,1H3,(H,26,31)/b18-10+. The van der Waals surface area contributed by atoms with Crippen LogP contribution < -0.4 is 15.0 Å². The molecule has 158 valence electrons. The molecule has 0 radical (unpaired) electrons. The Balaban J connectivity index is 1.49. The van der Waals surface area contributed by atoms with Crippen molar-refractivity contribution < 1.29 is 13.9 Å². The van der Waals surface area contributed by atoms with Crippen LogP contribution in [0.2, 0.25) is 0 Å². The van der Waals surface area contributed by atoms with Gasteiger partial charge in [-0.1, -0.05) is 34.1 Å². The van der Waals surface area contributed by atoms with Gasteiger partial charge in [-0.05, 0) is 86.9 Å². The molecule has 0 bridgehead atoms. The fraction of sp³-hybridized carbons (Fsp3) is 0.0909. The third kappa shape index (κ3) is 4.79. The number of ether oxygens (including phenoxy) is 1. The van der Waals surface area contributed by atoms with Crippen LogP contribution in [-0.4, -0.2) is 11.0 Å². The van der Waals surface area contributed by atoms with E-state index in [-0.39, 0.29) is 12.5 Å². The van der Waals surface area contributed by atoms with Gasteiger partial charge in [0.15, 0.2) is 5.11 Å². The van der Waals surface area contributed by atoms with Crippen molar-refractivity contribution in [3.05, 3.63) is 84.7 Å². The summed E-state index contributed by atoms with van der Waals surface area (Å²) in [5, 5.41) is 3.31. The molecule has 0 aliphatic carbocycles. The summed E-state index contributed by atoms with van der Waals surface area (Å²) in [6, 6.07) is 15.0. The van der Waals surface area contributed by atoms with E-state index in [1.807, 2.05) is 49.4 Å². The molecule has 1 amide bonds. The van der Waals surface area contributed by atoms with Crippen LogP contribution >= 0.6 is 60.0 Å². The molecular weight excluding hydrogens is 612 g/mol. The number of carbonyl (C=O) groups is 1. The van der Waals surface area contributed by atoms with Crippen LogP contribution in [0.15, 0.2) is 72.1 Å². The number of halogens is 3. The Morgan fingerprint density at radius 2 is 1.84 bits per heavy atom. The number of thiocarbonyl (C=S) groups is 1. The molecule has 1 aromatic heterocycles. The van der Waals surface area contributed by atoms with E-state index in [1.54, 1.807) is 12.1 Å². The Labute approximate surface area is 209 Å². The first kappa shape index (κ1) is 22.3. The number of rotatable bonds is 5. The maximum absolute atomic E-state index is 12.9. The zero-order valence-electron chi connectivity index (χ0n) is 16.1. The molecule has 4 rings (SSSR count). The van der Waals surface area contributed by atoms with E-state index in [2.05, 4.69) is 53.1 Å². The second-order valence-corrected chi connectivity index (χ2v) is 9.72. The Morgan fingerprint density at radius 1 is 1.13 bits per heavy atom. The summed E-state index contributed by atoms with van der Waals surface area (Å²) >= 11 is 15.8. The van der Waals surface area contributed by atoms with Gasteiger partial charge in [-0.2, -0.15) is 0 Å². The highest BCUT2D eigenvalue weighted by Crippen LogP contribution is 2.37. The molecule has 3 aromatic rings. The fourth-order valence-electron chi connectivity index (χ4n) is 3.07. The highest BCUT2D eigenvalue weighted by atomic mass is 79.9. The Hall–Kier alpha value is -1.94. The summed E-state index contributed by atoms with van der Waals surface area (Å²) in [5.41, 5.74) is 2.07. The maximum Gasteiger partial charge on any atom is 0.281 e. The first-order valence-electron chi connectivity index (χ1n) is 9.12. The number of nitrogens with zero attached hydrogens (tertiary/aromatic N) is 1. The predicted octanol–water partition coefficient (Wildman–Crippen LogP) is 6.72. The maximum atomic E-state index is 12.9. The van der Waals surface area contributed by atoms with Crippen molar-refractivity contribution in [2.24, 2.45) is 0 Å². The SMILES string of the molecule is Cc1ccccc1N1C(=O)/C(=C\c2ccc(COc3c(Br)cc(Br)cc3Br)o2)NC1=S. The molecule has 1 saturated heterocycles. The minimum Gasteiger partial charge on any atom is -0.483 e. The van der Waals surface area contributed by atoms with Gasteiger partial charge in [-0.3, -0.25) is 9.69 Å². The van der Waals surface area contributed by atoms with Gasteiger partial charge in [0.2, 0.25) is 0 Å². The van der Waals surface area contributed by atoms with Gasteiger partial charge in [0.05, 0.1) is 14.6 Å². The monoisotopic (exact) mass is 624 g/mol. The molecule has 2 aromatic carbocycles. The molecule has 1 N–H and O–H groups in total. The number of carbonyl (C=O) groups excluding carboxylic acids is 1. The van der Waals surface area contributed by atoms with Crippen LogP contribution in [0.1, 0.15) is 17.1 Å². The van der Waals surface area contributed by atoms with Crippen LogP contribution in [0.3, 0.4) is 0 Å². The Kier molecular flexibility index (Phi) is 6.66. The predicted molar refractivity (Wildman–Crippen MR) is 135 cm³/mol. The zero-order chi connectivity index (χ0) is 22.1. The number of hydrogen-bond donors (Lipinski definition) is 1. The van der Waals surface area contributed by atoms with Crippen molar-refractivity contribution >= 4 is 82.8 Å². The lowest BCUT2D eigenvalue weighted by molar-refractivity contribution is -0.113. The number of amides is 1. The van der Waals surface area contributed by atoms with Crippen molar-refractivity contribution in [1.82, 2.24) is 5.32 Å². The molecule has 5 nitrogen and oxygen atoms in total. The van der Waals surface area contributed by atoms with Gasteiger partial charge in [0.1, 0.15) is 29.6 Å². The fourth-order valence-corrected chi connectivity index (χ4v) is 5.85. The summed E-state index contributed by atoms with van der Waals surface area (Å²) in [4.78, 5) is 14.4. The highest BCUT2D eigenvalue weighted by molar-refractivity contribution is 9.11. The van der Waals surface area contributed by atoms with E-state index < -0.39 is 0 Å². The lowest BCUT2D eigenvalue weighted by Crippen LogP contribution is -2.30. The first-order valence-corrected chi connectivity index (χ1v) is 11.9. The number of nitrogens with one attached hydrogen (secondary N) is 1. The van der Waals surface area contributed by atoms with Crippen LogP contribution in [-0.2, 0) is 11.4 Å². The summed E-state index contributed by atoms with van der Waals surface area (Å²) in [5.74, 6) is 1.60. The molecule has 0 unspecified atom stereocenters. The van der Waals surface area contributed by atoms with Crippen molar-refractivity contribution in [2.75, 3.05) is 4.90 Å². The smallest absolute Gasteiger partial charge is 0.281 e. The third-order valence-electron chi connectivity index (χ3n) is 4.53. The number of hydrogen-bond acceptors (Lipinski definition) is 4. The second kappa shape index (κ2) is 9.28. The molecule has 31 heavy (non-hydrogen) atoms. The lowest BCUT2D eigenvalue weighted by Gasteiger charge is -2.16. The molecule has 2 heterocycles. The van der Waals surface area contributed by atoms with E-state index in [9.17, 15) is 4.79 Å². The van der Waals surface area contributed by atoms with Crippen LogP contribution in [0.25, 0.3) is 6.08 Å². The summed E-state index contributed by atoms with van der Waals surface area (Å²) in [6.45, 7) is 2.17. The van der Waals surface area contributed by atoms with E-state index in [0.717, 1.165) is 24.7 Å². The van der Waals surface area contributed by atoms with Crippen molar-refractivity contribution in [2.45, 2.75) is 13.5 Å². The van der Waals surface area contributed by atoms with Gasteiger partial charge >= 0.3 is 0 Å². The molecule has 1 fully saturated rings. The van der Waals surface area contributed by atoms with Crippen molar-refractivity contribution in [1.29, 1.82) is 0 Å². The topological polar surface area (TPSA) is 54.7 Å². The van der Waals surface area contributed by atoms with Gasteiger partial charge in [0.25, 0.3) is 5.91 Å². The largest absolute Gasteiger partial charge is 0.483 e. The average molecular weight is 627 g/mol. The van der Waals surface area contributed by atoms with E-state index in [1.165, 1.54) is 4.90 Å². The molecule has 1 aliphatic heterocycles. The third-order valence-corrected chi connectivity index (χ3v) is 6.45. The highest BCUT2D eigenvalue weighted by Gasteiger charge is 2.32. The van der Waals surface area contributed by atoms with Crippen molar-refractivity contribution in [3.8, 4) is 5.75 Å². The number of para-hydroxylation sites is 1. The zero-order valence-corrected chi connectivity index (χ0v) is 21.7. The minimum atomic E-state index is -0.226. The molecule has 0 atom stereocenters. The Morgan fingerprint density at radius 3 is 2.55 bits per heavy atom. The lowest BCUT2D eigenvalue weighted by atomic mass is 10.2. The molecule has 9 heteroatoms. The quantitative estimate of drug-likeness (QED) is 0.252. The van der Waals surface area contributed by atoms with E-state index >= 15 is 0 Å². The molecular formula is C22H15Br3N2O3S. The Bertz CT molecular complexity index is 1200. The summed E-state index contributed by atoms with van der Waals surface area (Å²) < 4.78 is 14.3. The van der Waals surface area contributed by atoms with E-state index in [4.69, 9.17) is 21.4 Å². The van der Waals surface area contributed by atoms with Gasteiger partial charge in [-0.25, -0.2) is 0 Å². The summed E-state index contributed by atoms with van der Waals surface area (Å²) in [6.07, 6.45) is 1.64. The number of anilines is 1. The van der Waals surface area contributed by atoms with Gasteiger partial charge in [-0.15, -0.1) is 0 Å². The minimum absolute atomic E-state index is 0.226. The average Bonchev–Trinajstić information content (AvgIpc) is 3.26. The van der Waals surface area contributed by atoms with Crippen LogP contribution in [0, 0.1) is 6.92 Å². The first-order chi connectivity index (χ1) is 14.8. The van der Waals surface area contributed by atoms with E-state index in [0.29, 0.717) is 28.1 Å². The molecule has 0 spiro atoms. The molecule has 1 aliphatic rings. The van der Waals surface area contributed by atoms with Crippen LogP contribution in [0.5, 0.6) is 5.75 Å². The number of furan rings is 1. The normalized spacial score (nSPS) is 15.0. The van der Waals surface area contributed by atoms with Gasteiger partial charge in [0, 0.05) is 10.5 Å². The summed E-state index contributed by atoms with van der Waals surface area (Å²) in [7, 11) is 0. The van der Waals surface area contributed by atoms with Crippen molar-refractivity contribution in [3.63, 3.8) is 0 Å². The second-order valence-electron chi connectivity index (χ2n) is 6.71. The van der Waals surface area contributed by atoms with Gasteiger partial charge < -0.3 is 14.5 Å². The van der Waals surface area contributed by atoms with Crippen LogP contribution in [0.4, 0.5) is 5.69 Å². The molecule has 0 saturated carbocycles.